The number of aliphatic hydroxyl groups is 1. The topological polar surface area (TPSA) is 212 Å². The number of fused-ring (bicyclic) bond motifs is 5. The summed E-state index contributed by atoms with van der Waals surface area (Å²) in [6, 6.07) is -0.786. The first kappa shape index (κ1) is 35.0. The second-order valence-electron chi connectivity index (χ2n) is 14.6. The second kappa shape index (κ2) is 13.1. The minimum atomic E-state index is -1.23. The Morgan fingerprint density at radius 3 is 2.65 bits per heavy atom. The van der Waals surface area contributed by atoms with Crippen molar-refractivity contribution in [2.75, 3.05) is 20.8 Å². The van der Waals surface area contributed by atoms with Crippen LogP contribution in [0, 0.1) is 47.3 Å². The summed E-state index contributed by atoms with van der Waals surface area (Å²) in [4.78, 5) is 70.0. The number of nitrogens with zero attached hydrogens (tertiary/aromatic N) is 4. The first-order valence-electron chi connectivity index (χ1n) is 16.7. The zero-order chi connectivity index (χ0) is 35.4. The Labute approximate surface area is 282 Å². The highest BCUT2D eigenvalue weighted by molar-refractivity contribution is 6.01. The largest absolute Gasteiger partial charge is 0.463 e. The molecular formula is C34H43N5O10. The average Bonchev–Trinajstić information content (AvgIpc) is 3.60. The van der Waals surface area contributed by atoms with Crippen molar-refractivity contribution in [1.82, 2.24) is 9.55 Å². The second-order valence-corrected chi connectivity index (χ2v) is 14.6. The number of hydrogen-bond donors (Lipinski definition) is 2. The van der Waals surface area contributed by atoms with Gasteiger partial charge in [-0.05, 0) is 67.5 Å². The lowest BCUT2D eigenvalue weighted by molar-refractivity contribution is -0.176. The molecule has 1 aromatic rings. The predicted molar refractivity (Wildman–Crippen MR) is 172 cm³/mol. The molecule has 11 atom stereocenters. The van der Waals surface area contributed by atoms with Crippen molar-refractivity contribution < 1.29 is 38.4 Å². The number of aryl methyl sites for hydroxylation is 1. The Morgan fingerprint density at radius 1 is 1.22 bits per heavy atom. The van der Waals surface area contributed by atoms with Gasteiger partial charge in [0.25, 0.3) is 5.56 Å². The van der Waals surface area contributed by atoms with Gasteiger partial charge in [0.05, 0.1) is 18.1 Å². The fourth-order valence-electron chi connectivity index (χ4n) is 9.90. The van der Waals surface area contributed by atoms with Gasteiger partial charge in [0, 0.05) is 54.6 Å². The van der Waals surface area contributed by atoms with Gasteiger partial charge in [-0.2, -0.15) is 0 Å². The molecule has 0 bridgehead atoms. The molecule has 0 unspecified atom stereocenters. The summed E-state index contributed by atoms with van der Waals surface area (Å²) < 4.78 is 23.8. The molecule has 1 saturated heterocycles. The number of H-pyrrole nitrogens is 1. The van der Waals surface area contributed by atoms with Crippen molar-refractivity contribution in [2.45, 2.75) is 83.6 Å². The number of azide groups is 1. The summed E-state index contributed by atoms with van der Waals surface area (Å²) in [7, 11) is 2.71. The molecule has 0 aromatic carbocycles. The van der Waals surface area contributed by atoms with E-state index in [9.17, 15) is 34.6 Å². The number of nitrogens with one attached hydrogen (secondary N) is 1. The molecule has 1 aromatic heterocycles. The number of hydrogen-bond acceptors (Lipinski definition) is 11. The van der Waals surface area contributed by atoms with E-state index in [0.717, 1.165) is 5.57 Å². The summed E-state index contributed by atoms with van der Waals surface area (Å²) in [5, 5.41) is 15.6. The average molecular weight is 682 g/mol. The molecule has 3 saturated carbocycles. The van der Waals surface area contributed by atoms with Gasteiger partial charge < -0.3 is 24.1 Å². The van der Waals surface area contributed by atoms with Crippen LogP contribution in [0.2, 0.25) is 0 Å². The number of allylic oxidation sites excluding steroid dienone is 4. The van der Waals surface area contributed by atoms with E-state index in [4.69, 9.17) is 18.9 Å². The van der Waals surface area contributed by atoms with Crippen LogP contribution in [0.5, 0.6) is 0 Å². The quantitative estimate of drug-likeness (QED) is 0.128. The van der Waals surface area contributed by atoms with Crippen molar-refractivity contribution >= 4 is 17.5 Å². The van der Waals surface area contributed by atoms with Crippen molar-refractivity contribution in [3.8, 4) is 0 Å². The van der Waals surface area contributed by atoms with Crippen LogP contribution in [0.25, 0.3) is 10.4 Å². The maximum absolute atomic E-state index is 14.1. The Bertz CT molecular complexity index is 1760. The summed E-state index contributed by atoms with van der Waals surface area (Å²) in [6.45, 7) is 5.24. The SMILES string of the molecule is COC(OC)C(=O)[C@H]1[C@H](C(=O)OC[C@H]2O[C@@H](n3cc(C)c(=O)[nH]c3=O)C[C@@H]2N=[N+]=[N-])C[C@H]2[C@@H]3CCC4=CC(=O)C=C[C@]4(C)[C@H]3[C@@H](O)C[C@@]21C. The number of aromatic amines is 1. The molecule has 0 radical (unpaired) electrons. The highest BCUT2D eigenvalue weighted by Crippen LogP contribution is 2.67. The number of aliphatic hydroxyl groups excluding tert-OH is 1. The maximum Gasteiger partial charge on any atom is 0.330 e. The molecule has 2 heterocycles. The third-order valence-electron chi connectivity index (χ3n) is 12.1. The lowest BCUT2D eigenvalue weighted by Crippen LogP contribution is -2.57. The van der Waals surface area contributed by atoms with Crippen LogP contribution < -0.4 is 11.2 Å². The maximum atomic E-state index is 14.1. The van der Waals surface area contributed by atoms with Crippen LogP contribution in [0.1, 0.15) is 57.7 Å². The summed E-state index contributed by atoms with van der Waals surface area (Å²) in [5.41, 5.74) is 7.95. The Kier molecular flexibility index (Phi) is 9.35. The van der Waals surface area contributed by atoms with E-state index in [2.05, 4.69) is 21.9 Å². The summed E-state index contributed by atoms with van der Waals surface area (Å²) >= 11 is 0. The number of Topliss-reactive ketones (excluding diaryl/α,β-unsaturated/α-hetero) is 1. The molecule has 0 amide bonds. The van der Waals surface area contributed by atoms with Gasteiger partial charge in [-0.1, -0.05) is 30.6 Å². The molecular weight excluding hydrogens is 638 g/mol. The number of aromatic nitrogens is 2. The van der Waals surface area contributed by atoms with Crippen LogP contribution in [0.3, 0.4) is 0 Å². The van der Waals surface area contributed by atoms with Crippen molar-refractivity contribution in [1.29, 1.82) is 0 Å². The van der Waals surface area contributed by atoms with E-state index >= 15 is 0 Å². The minimum Gasteiger partial charge on any atom is -0.463 e. The lowest BCUT2D eigenvalue weighted by atomic mass is 9.46. The van der Waals surface area contributed by atoms with Gasteiger partial charge in [-0.25, -0.2) is 4.79 Å². The van der Waals surface area contributed by atoms with E-state index in [0.29, 0.717) is 19.3 Å². The predicted octanol–water partition coefficient (Wildman–Crippen LogP) is 2.66. The van der Waals surface area contributed by atoms with Crippen molar-refractivity contribution in [3.05, 3.63) is 66.8 Å². The Morgan fingerprint density at radius 2 is 1.96 bits per heavy atom. The molecule has 2 N–H and O–H groups in total. The lowest BCUT2D eigenvalue weighted by Gasteiger charge is -2.58. The number of ether oxygens (including phenoxy) is 4. The van der Waals surface area contributed by atoms with Crippen LogP contribution in [-0.4, -0.2) is 77.6 Å². The molecule has 49 heavy (non-hydrogen) atoms. The van der Waals surface area contributed by atoms with Crippen LogP contribution in [0.4, 0.5) is 0 Å². The standard InChI is InChI=1S/C34H43N5O10/c1-16-14-39(32(45)36-29(16)43)25-12-22(37-38-35)24(49-25)15-48-30(44)20-11-21-19-7-6-17-10-18(40)8-9-33(17,2)26(19)23(41)13-34(21,3)27(20)28(42)31(46-4)47-5/h8-10,14,19-27,31,41H,6-7,11-13,15H2,1-5H3,(H,36,43,45)/t19-,20+,21-,22-,23-,24+,25+,26+,27+,33-,34-/m0/s1. The monoisotopic (exact) mass is 681 g/mol. The highest BCUT2D eigenvalue weighted by atomic mass is 16.7. The van der Waals surface area contributed by atoms with E-state index in [1.54, 1.807) is 19.1 Å². The molecule has 0 spiro atoms. The molecule has 1 aliphatic heterocycles. The van der Waals surface area contributed by atoms with Gasteiger partial charge in [0.1, 0.15) is 18.9 Å². The van der Waals surface area contributed by atoms with Gasteiger partial charge in [0.2, 0.25) is 6.29 Å². The van der Waals surface area contributed by atoms with E-state index in [1.807, 2.05) is 13.0 Å². The van der Waals surface area contributed by atoms with Crippen LogP contribution in [0.15, 0.2) is 44.7 Å². The van der Waals surface area contributed by atoms with E-state index < -0.39 is 76.4 Å². The minimum absolute atomic E-state index is 0.0438. The van der Waals surface area contributed by atoms with E-state index in [-0.39, 0.29) is 48.5 Å². The number of esters is 1. The molecule has 4 aliphatic carbocycles. The smallest absolute Gasteiger partial charge is 0.330 e. The molecule has 5 aliphatic rings. The number of methoxy groups -OCH3 is 2. The zero-order valence-electron chi connectivity index (χ0n) is 28.2. The summed E-state index contributed by atoms with van der Waals surface area (Å²) in [6.07, 6.45) is 4.71. The Balaban J connectivity index is 1.27. The Hall–Kier alpha value is -3.88. The third-order valence-corrected chi connectivity index (χ3v) is 12.1. The van der Waals surface area contributed by atoms with E-state index in [1.165, 1.54) is 25.0 Å². The van der Waals surface area contributed by atoms with Crippen LogP contribution >= 0.6 is 0 Å². The summed E-state index contributed by atoms with van der Waals surface area (Å²) in [5.74, 6) is -3.30. The fourth-order valence-corrected chi connectivity index (χ4v) is 9.90. The third kappa shape index (κ3) is 5.80. The van der Waals surface area contributed by atoms with Crippen molar-refractivity contribution in [2.24, 2.45) is 45.5 Å². The molecule has 15 nitrogen and oxygen atoms in total. The number of carbonyl (C=O) groups is 3. The molecule has 4 fully saturated rings. The molecule has 15 heteroatoms. The van der Waals surface area contributed by atoms with Crippen molar-refractivity contribution in [3.63, 3.8) is 0 Å². The highest BCUT2D eigenvalue weighted by Gasteiger charge is 2.67. The zero-order valence-corrected chi connectivity index (χ0v) is 28.2. The first-order valence-corrected chi connectivity index (χ1v) is 16.7. The van der Waals surface area contributed by atoms with Crippen LogP contribution in [-0.2, 0) is 33.3 Å². The van der Waals surface area contributed by atoms with Gasteiger partial charge in [-0.15, -0.1) is 0 Å². The number of carbonyl (C=O) groups excluding carboxylic acids is 3. The number of ketones is 2. The van der Waals surface area contributed by atoms with Gasteiger partial charge in [0.15, 0.2) is 11.6 Å². The molecule has 264 valence electrons. The number of rotatable bonds is 9. The first-order chi connectivity index (χ1) is 23.3. The van der Waals surface area contributed by atoms with Gasteiger partial charge in [-0.3, -0.25) is 28.7 Å². The van der Waals surface area contributed by atoms with Gasteiger partial charge >= 0.3 is 11.7 Å². The normalized spacial score (nSPS) is 37.9. The molecule has 6 rings (SSSR count). The fraction of sp³-hybridized carbons (Fsp3) is 0.676.